The van der Waals surface area contributed by atoms with Crippen molar-refractivity contribution in [2.45, 2.75) is 20.8 Å². The van der Waals surface area contributed by atoms with Gasteiger partial charge in [-0.05, 0) is 86.0 Å². The second kappa shape index (κ2) is 10.2. The first-order chi connectivity index (χ1) is 15.3. The first-order valence-electron chi connectivity index (χ1n) is 9.92. The van der Waals surface area contributed by atoms with Gasteiger partial charge >= 0.3 is 17.8 Å². The van der Waals surface area contributed by atoms with Crippen LogP contribution in [-0.2, 0) is 9.59 Å². The van der Waals surface area contributed by atoms with E-state index >= 15 is 0 Å². The topological polar surface area (TPSA) is 96.9 Å². The molecule has 0 bridgehead atoms. The Kier molecular flexibility index (Phi) is 7.13. The largest absolute Gasteiger partial charge is 0.423 e. The number of nitrogens with one attached hydrogen (secondary N) is 2. The van der Waals surface area contributed by atoms with Crippen LogP contribution in [-0.4, -0.2) is 24.0 Å². The van der Waals surface area contributed by atoms with Gasteiger partial charge in [0, 0.05) is 5.69 Å². The lowest BCUT2D eigenvalue weighted by Crippen LogP contribution is -2.32. The predicted octanol–water partition coefficient (Wildman–Crippen LogP) is 3.92. The van der Waals surface area contributed by atoms with E-state index in [4.69, 9.17) is 4.74 Å². The Morgan fingerprint density at radius 3 is 2.28 bits per heavy atom. The number of benzene rings is 3. The van der Waals surface area contributed by atoms with E-state index < -0.39 is 17.8 Å². The van der Waals surface area contributed by atoms with Crippen molar-refractivity contribution in [1.29, 1.82) is 0 Å². The Balaban J connectivity index is 1.51. The van der Waals surface area contributed by atoms with Crippen LogP contribution in [0.15, 0.2) is 71.8 Å². The fraction of sp³-hybridized carbons (Fsp3) is 0.120. The third-order valence-corrected chi connectivity index (χ3v) is 4.70. The Bertz CT molecular complexity index is 1180. The summed E-state index contributed by atoms with van der Waals surface area (Å²) in [6.45, 7) is 5.78. The number of esters is 1. The summed E-state index contributed by atoms with van der Waals surface area (Å²) in [5, 5.41) is 6.32. The fourth-order valence-electron chi connectivity index (χ4n) is 2.78. The van der Waals surface area contributed by atoms with Crippen LogP contribution in [0.5, 0.6) is 5.75 Å². The summed E-state index contributed by atoms with van der Waals surface area (Å²) in [6, 6.07) is 19.1. The first kappa shape index (κ1) is 22.4. The standard InChI is InChI=1S/C25H23N3O4/c1-16-5-4-6-20(13-16)25(31)32-22-11-8-19(9-12-22)15-26-28-24(30)23(29)27-21-10-7-17(2)18(3)14-21/h4-15H,1-3H3,(H,27,29)(H,28,30). The Morgan fingerprint density at radius 2 is 1.59 bits per heavy atom. The normalized spacial score (nSPS) is 10.6. The molecule has 0 aliphatic heterocycles. The summed E-state index contributed by atoms with van der Waals surface area (Å²) in [4.78, 5) is 36.1. The van der Waals surface area contributed by atoms with E-state index in [1.54, 1.807) is 54.6 Å². The summed E-state index contributed by atoms with van der Waals surface area (Å²) in [6.07, 6.45) is 1.38. The van der Waals surface area contributed by atoms with Crippen LogP contribution in [0.4, 0.5) is 5.69 Å². The summed E-state index contributed by atoms with van der Waals surface area (Å²) in [5.74, 6) is -1.77. The molecule has 0 aromatic heterocycles. The Labute approximate surface area is 186 Å². The SMILES string of the molecule is Cc1cccc(C(=O)Oc2ccc(C=NNC(=O)C(=O)Nc3ccc(C)c(C)c3)cc2)c1. The van der Waals surface area contributed by atoms with Gasteiger partial charge in [0.1, 0.15) is 5.75 Å². The molecule has 3 rings (SSSR count). The predicted molar refractivity (Wildman–Crippen MR) is 123 cm³/mol. The Hall–Kier alpha value is -4.26. The number of ether oxygens (including phenoxy) is 1. The van der Waals surface area contributed by atoms with Gasteiger partial charge in [-0.2, -0.15) is 5.10 Å². The van der Waals surface area contributed by atoms with Crippen LogP contribution in [0.1, 0.15) is 32.6 Å². The highest BCUT2D eigenvalue weighted by Gasteiger charge is 2.13. The summed E-state index contributed by atoms with van der Waals surface area (Å²) >= 11 is 0. The molecule has 3 aromatic carbocycles. The van der Waals surface area contributed by atoms with Crippen molar-refractivity contribution < 1.29 is 19.1 Å². The molecule has 32 heavy (non-hydrogen) atoms. The van der Waals surface area contributed by atoms with E-state index in [1.807, 2.05) is 32.9 Å². The molecule has 3 aromatic rings. The van der Waals surface area contributed by atoms with Crippen molar-refractivity contribution in [1.82, 2.24) is 5.43 Å². The molecule has 0 saturated carbocycles. The summed E-state index contributed by atoms with van der Waals surface area (Å²) in [5.41, 5.74) is 6.90. The van der Waals surface area contributed by atoms with E-state index in [-0.39, 0.29) is 0 Å². The van der Waals surface area contributed by atoms with Gasteiger partial charge in [0.25, 0.3) is 0 Å². The maximum absolute atomic E-state index is 12.2. The number of carbonyl (C=O) groups is 3. The highest BCUT2D eigenvalue weighted by Crippen LogP contribution is 2.15. The third-order valence-electron chi connectivity index (χ3n) is 4.70. The van der Waals surface area contributed by atoms with Gasteiger partial charge in [-0.1, -0.05) is 23.8 Å². The summed E-state index contributed by atoms with van der Waals surface area (Å²) in [7, 11) is 0. The molecule has 0 aliphatic rings. The molecule has 0 saturated heterocycles. The minimum atomic E-state index is -0.886. The van der Waals surface area contributed by atoms with E-state index in [9.17, 15) is 14.4 Å². The van der Waals surface area contributed by atoms with Gasteiger partial charge in [0.2, 0.25) is 0 Å². The molecule has 2 N–H and O–H groups in total. The van der Waals surface area contributed by atoms with E-state index in [2.05, 4.69) is 15.8 Å². The number of amides is 2. The monoisotopic (exact) mass is 429 g/mol. The number of aryl methyl sites for hydroxylation is 3. The molecule has 0 aliphatic carbocycles. The minimum absolute atomic E-state index is 0.380. The van der Waals surface area contributed by atoms with Gasteiger partial charge in [-0.25, -0.2) is 10.2 Å². The zero-order valence-corrected chi connectivity index (χ0v) is 18.0. The van der Waals surface area contributed by atoms with Crippen LogP contribution in [0.2, 0.25) is 0 Å². The second-order valence-corrected chi connectivity index (χ2v) is 7.28. The van der Waals surface area contributed by atoms with Crippen molar-refractivity contribution in [2.24, 2.45) is 5.10 Å². The van der Waals surface area contributed by atoms with Crippen molar-refractivity contribution >= 4 is 29.7 Å². The lowest BCUT2D eigenvalue weighted by Gasteiger charge is -2.06. The van der Waals surface area contributed by atoms with Crippen molar-refractivity contribution in [3.8, 4) is 5.75 Å². The number of anilines is 1. The number of hydrazone groups is 1. The average molecular weight is 429 g/mol. The van der Waals surface area contributed by atoms with Crippen molar-refractivity contribution in [3.63, 3.8) is 0 Å². The van der Waals surface area contributed by atoms with Crippen LogP contribution in [0.25, 0.3) is 0 Å². The van der Waals surface area contributed by atoms with Crippen LogP contribution >= 0.6 is 0 Å². The number of rotatable bonds is 5. The van der Waals surface area contributed by atoms with E-state index in [0.717, 1.165) is 16.7 Å². The zero-order chi connectivity index (χ0) is 23.1. The van der Waals surface area contributed by atoms with Crippen LogP contribution in [0, 0.1) is 20.8 Å². The molecule has 0 fully saturated rings. The van der Waals surface area contributed by atoms with Gasteiger partial charge < -0.3 is 10.1 Å². The molecule has 7 heteroatoms. The lowest BCUT2D eigenvalue weighted by atomic mass is 10.1. The first-order valence-corrected chi connectivity index (χ1v) is 9.92. The zero-order valence-electron chi connectivity index (χ0n) is 18.0. The molecule has 0 heterocycles. The quantitative estimate of drug-likeness (QED) is 0.211. The Morgan fingerprint density at radius 1 is 0.844 bits per heavy atom. The highest BCUT2D eigenvalue weighted by molar-refractivity contribution is 6.39. The smallest absolute Gasteiger partial charge is 0.343 e. The second-order valence-electron chi connectivity index (χ2n) is 7.28. The molecule has 162 valence electrons. The number of nitrogens with zero attached hydrogens (tertiary/aromatic N) is 1. The minimum Gasteiger partial charge on any atom is -0.423 e. The maximum atomic E-state index is 12.2. The number of hydrogen-bond donors (Lipinski definition) is 2. The van der Waals surface area contributed by atoms with E-state index in [0.29, 0.717) is 22.6 Å². The van der Waals surface area contributed by atoms with E-state index in [1.165, 1.54) is 6.21 Å². The average Bonchev–Trinajstić information content (AvgIpc) is 2.77. The molecule has 0 atom stereocenters. The molecular weight excluding hydrogens is 406 g/mol. The van der Waals surface area contributed by atoms with Gasteiger partial charge in [0.05, 0.1) is 11.8 Å². The fourth-order valence-corrected chi connectivity index (χ4v) is 2.78. The lowest BCUT2D eigenvalue weighted by molar-refractivity contribution is -0.136. The molecule has 0 radical (unpaired) electrons. The maximum Gasteiger partial charge on any atom is 0.343 e. The molecule has 0 spiro atoms. The molecule has 7 nitrogen and oxygen atoms in total. The van der Waals surface area contributed by atoms with Crippen molar-refractivity contribution in [2.75, 3.05) is 5.32 Å². The van der Waals surface area contributed by atoms with Gasteiger partial charge in [0.15, 0.2) is 0 Å². The van der Waals surface area contributed by atoms with Crippen LogP contribution in [0.3, 0.4) is 0 Å². The number of carbonyl (C=O) groups excluding carboxylic acids is 3. The molecule has 2 amide bonds. The van der Waals surface area contributed by atoms with Gasteiger partial charge in [-0.3, -0.25) is 9.59 Å². The molecule has 0 unspecified atom stereocenters. The highest BCUT2D eigenvalue weighted by atomic mass is 16.5. The van der Waals surface area contributed by atoms with Crippen LogP contribution < -0.4 is 15.5 Å². The molecular formula is C25H23N3O4. The van der Waals surface area contributed by atoms with Gasteiger partial charge in [-0.15, -0.1) is 0 Å². The third kappa shape index (κ3) is 6.12. The summed E-state index contributed by atoms with van der Waals surface area (Å²) < 4.78 is 5.35. The number of hydrogen-bond acceptors (Lipinski definition) is 5. The van der Waals surface area contributed by atoms with Crippen molar-refractivity contribution in [3.05, 3.63) is 94.5 Å².